The molecule has 2 aliphatic rings. The van der Waals surface area contributed by atoms with E-state index in [0.29, 0.717) is 0 Å². The molecule has 4 rings (SSSR count). The molecule has 0 spiro atoms. The number of hydrogen-bond donors (Lipinski definition) is 1. The van der Waals surface area contributed by atoms with Crippen LogP contribution in [0.4, 0.5) is 0 Å². The van der Waals surface area contributed by atoms with Crippen LogP contribution in [-0.2, 0) is 24.4 Å². The molecule has 2 aliphatic heterocycles. The van der Waals surface area contributed by atoms with Crippen LogP contribution in [-0.4, -0.2) is 13.7 Å². The number of ether oxygens (including phenoxy) is 2. The van der Waals surface area contributed by atoms with Crippen molar-refractivity contribution < 1.29 is 9.47 Å². The van der Waals surface area contributed by atoms with Gasteiger partial charge in [0, 0.05) is 12.0 Å². The summed E-state index contributed by atoms with van der Waals surface area (Å²) in [7, 11) is 2.00. The minimum Gasteiger partial charge on any atom is -0.493 e. The summed E-state index contributed by atoms with van der Waals surface area (Å²) >= 11 is 0. The van der Waals surface area contributed by atoms with Crippen LogP contribution in [0.25, 0.3) is 0 Å². The van der Waals surface area contributed by atoms with Crippen LogP contribution in [0, 0.1) is 0 Å². The van der Waals surface area contributed by atoms with Gasteiger partial charge in [-0.1, -0.05) is 36.4 Å². The molecule has 0 radical (unpaired) electrons. The topological polar surface area (TPSA) is 30.5 Å². The number of para-hydroxylation sites is 1. The molecule has 0 bridgehead atoms. The highest BCUT2D eigenvalue weighted by Gasteiger charge is 2.23. The van der Waals surface area contributed by atoms with E-state index in [-0.39, 0.29) is 6.04 Å². The molecule has 0 aromatic heterocycles. The predicted molar refractivity (Wildman–Crippen MR) is 81.5 cm³/mol. The number of hydrogen-bond acceptors (Lipinski definition) is 3. The molecule has 2 aromatic rings. The molecule has 1 N–H and O–H groups in total. The van der Waals surface area contributed by atoms with Gasteiger partial charge in [0.2, 0.25) is 0 Å². The van der Waals surface area contributed by atoms with E-state index in [2.05, 4.69) is 41.7 Å². The van der Waals surface area contributed by atoms with Crippen molar-refractivity contribution in [3.63, 3.8) is 0 Å². The average molecular weight is 281 g/mol. The molecular formula is C18H19NO2. The Morgan fingerprint density at radius 1 is 1.05 bits per heavy atom. The van der Waals surface area contributed by atoms with Crippen LogP contribution in [0.2, 0.25) is 0 Å². The molecule has 0 amide bonds. The van der Waals surface area contributed by atoms with Crippen molar-refractivity contribution in [3.8, 4) is 5.75 Å². The van der Waals surface area contributed by atoms with Gasteiger partial charge in [0.1, 0.15) is 5.75 Å². The number of rotatable bonds is 3. The molecule has 2 aromatic carbocycles. The number of nitrogens with one attached hydrogen (secondary N) is 1. The first-order chi connectivity index (χ1) is 10.4. The van der Waals surface area contributed by atoms with Crippen molar-refractivity contribution in [2.45, 2.75) is 25.7 Å². The maximum atomic E-state index is 5.86. The van der Waals surface area contributed by atoms with Gasteiger partial charge in [0.25, 0.3) is 0 Å². The monoisotopic (exact) mass is 281 g/mol. The lowest BCUT2D eigenvalue weighted by Gasteiger charge is -2.20. The first kappa shape index (κ1) is 12.9. The Labute approximate surface area is 124 Å². The molecule has 0 aliphatic carbocycles. The summed E-state index contributed by atoms with van der Waals surface area (Å²) in [5, 5.41) is 3.43. The lowest BCUT2D eigenvalue weighted by molar-refractivity contribution is 0.134. The third-order valence-corrected chi connectivity index (χ3v) is 4.42. The van der Waals surface area contributed by atoms with Gasteiger partial charge in [-0.3, -0.25) is 0 Å². The molecule has 1 atom stereocenters. The predicted octanol–water partition coefficient (Wildman–Crippen LogP) is 2.96. The van der Waals surface area contributed by atoms with Crippen LogP contribution in [0.1, 0.15) is 33.9 Å². The molecule has 2 heterocycles. The fourth-order valence-corrected chi connectivity index (χ4v) is 3.34. The quantitative estimate of drug-likeness (QED) is 0.938. The Balaban J connectivity index is 1.77. The fourth-order valence-electron chi connectivity index (χ4n) is 3.34. The van der Waals surface area contributed by atoms with Gasteiger partial charge >= 0.3 is 0 Å². The van der Waals surface area contributed by atoms with E-state index in [1.54, 1.807) is 0 Å². The van der Waals surface area contributed by atoms with Gasteiger partial charge < -0.3 is 14.8 Å². The summed E-state index contributed by atoms with van der Waals surface area (Å²) in [5.74, 6) is 1.06. The molecular weight excluding hydrogens is 262 g/mol. The molecule has 3 heteroatoms. The second-order valence-electron chi connectivity index (χ2n) is 5.68. The van der Waals surface area contributed by atoms with Gasteiger partial charge in [-0.05, 0) is 29.3 Å². The summed E-state index contributed by atoms with van der Waals surface area (Å²) in [6.45, 7) is 2.26. The lowest BCUT2D eigenvalue weighted by atomic mass is 9.94. The molecule has 1 unspecified atom stereocenters. The van der Waals surface area contributed by atoms with Crippen LogP contribution >= 0.6 is 0 Å². The Bertz CT molecular complexity index is 681. The SMILES string of the molecule is CNC(c1ccc2c(c1)COC2)c1cccc2c1OCC2. The van der Waals surface area contributed by atoms with Crippen molar-refractivity contribution in [3.05, 3.63) is 64.2 Å². The maximum absolute atomic E-state index is 5.86. The van der Waals surface area contributed by atoms with E-state index in [1.165, 1.54) is 27.8 Å². The van der Waals surface area contributed by atoms with Gasteiger partial charge in [-0.25, -0.2) is 0 Å². The van der Waals surface area contributed by atoms with Crippen molar-refractivity contribution in [1.29, 1.82) is 0 Å². The Hall–Kier alpha value is -1.84. The molecule has 3 nitrogen and oxygen atoms in total. The van der Waals surface area contributed by atoms with Gasteiger partial charge in [0.05, 0.1) is 25.9 Å². The zero-order valence-electron chi connectivity index (χ0n) is 12.2. The van der Waals surface area contributed by atoms with Gasteiger partial charge in [-0.2, -0.15) is 0 Å². The van der Waals surface area contributed by atoms with E-state index >= 15 is 0 Å². The average Bonchev–Trinajstić information content (AvgIpc) is 3.16. The van der Waals surface area contributed by atoms with Gasteiger partial charge in [-0.15, -0.1) is 0 Å². The highest BCUT2D eigenvalue weighted by Crippen LogP contribution is 2.36. The van der Waals surface area contributed by atoms with Crippen molar-refractivity contribution in [2.75, 3.05) is 13.7 Å². The van der Waals surface area contributed by atoms with Crippen LogP contribution < -0.4 is 10.1 Å². The molecule has 108 valence electrons. The van der Waals surface area contributed by atoms with Crippen molar-refractivity contribution >= 4 is 0 Å². The summed E-state index contributed by atoms with van der Waals surface area (Å²) in [5.41, 5.74) is 6.43. The summed E-state index contributed by atoms with van der Waals surface area (Å²) < 4.78 is 11.4. The highest BCUT2D eigenvalue weighted by atomic mass is 16.5. The Kier molecular flexibility index (Phi) is 3.17. The molecule has 0 saturated carbocycles. The fraction of sp³-hybridized carbons (Fsp3) is 0.333. The first-order valence-corrected chi connectivity index (χ1v) is 7.48. The third-order valence-electron chi connectivity index (χ3n) is 4.42. The summed E-state index contributed by atoms with van der Waals surface area (Å²) in [6, 6.07) is 13.3. The normalized spacial score (nSPS) is 17.2. The second kappa shape index (κ2) is 5.17. The van der Waals surface area contributed by atoms with E-state index < -0.39 is 0 Å². The summed E-state index contributed by atoms with van der Waals surface area (Å²) in [4.78, 5) is 0. The molecule has 0 fully saturated rings. The van der Waals surface area contributed by atoms with Gasteiger partial charge in [0.15, 0.2) is 0 Å². The highest BCUT2D eigenvalue weighted by molar-refractivity contribution is 5.49. The van der Waals surface area contributed by atoms with E-state index in [4.69, 9.17) is 9.47 Å². The van der Waals surface area contributed by atoms with E-state index in [9.17, 15) is 0 Å². The standard InChI is InChI=1S/C18H19NO2/c1-19-17(13-5-6-14-10-20-11-15(14)9-13)16-4-2-3-12-7-8-21-18(12)16/h2-6,9,17,19H,7-8,10-11H2,1H3. The molecule has 21 heavy (non-hydrogen) atoms. The Morgan fingerprint density at radius 3 is 2.86 bits per heavy atom. The lowest BCUT2D eigenvalue weighted by Crippen LogP contribution is -2.18. The van der Waals surface area contributed by atoms with Crippen LogP contribution in [0.5, 0.6) is 5.75 Å². The number of fused-ring (bicyclic) bond motifs is 2. The van der Waals surface area contributed by atoms with Crippen LogP contribution in [0.3, 0.4) is 0 Å². The molecule has 0 saturated heterocycles. The van der Waals surface area contributed by atoms with Crippen LogP contribution in [0.15, 0.2) is 36.4 Å². The first-order valence-electron chi connectivity index (χ1n) is 7.48. The zero-order chi connectivity index (χ0) is 14.2. The number of benzene rings is 2. The largest absolute Gasteiger partial charge is 0.493 e. The zero-order valence-corrected chi connectivity index (χ0v) is 12.2. The van der Waals surface area contributed by atoms with Crippen molar-refractivity contribution in [1.82, 2.24) is 5.32 Å². The van der Waals surface area contributed by atoms with E-state index in [0.717, 1.165) is 32.0 Å². The second-order valence-corrected chi connectivity index (χ2v) is 5.68. The summed E-state index contributed by atoms with van der Waals surface area (Å²) in [6.07, 6.45) is 1.01. The Morgan fingerprint density at radius 2 is 1.95 bits per heavy atom. The maximum Gasteiger partial charge on any atom is 0.127 e. The van der Waals surface area contributed by atoms with Crippen molar-refractivity contribution in [2.24, 2.45) is 0 Å². The minimum absolute atomic E-state index is 0.156. The minimum atomic E-state index is 0.156. The smallest absolute Gasteiger partial charge is 0.127 e. The third kappa shape index (κ3) is 2.13. The van der Waals surface area contributed by atoms with E-state index in [1.807, 2.05) is 7.05 Å².